The molecule has 0 saturated heterocycles. The highest BCUT2D eigenvalue weighted by Crippen LogP contribution is 2.09. The normalized spacial score (nSPS) is 10.8. The fraction of sp³-hybridized carbons (Fsp3) is 0. The fourth-order valence-electron chi connectivity index (χ4n) is 1.11. The van der Waals surface area contributed by atoms with Crippen LogP contribution in [0.3, 0.4) is 0 Å². The Bertz CT molecular complexity index is 508. The molecular weight excluding hydrogens is 204 g/mol. The molecule has 0 aliphatic carbocycles. The summed E-state index contributed by atoms with van der Waals surface area (Å²) in [6.07, 6.45) is 1.54. The van der Waals surface area contributed by atoms with Crippen LogP contribution < -0.4 is 5.32 Å². The van der Waals surface area contributed by atoms with Gasteiger partial charge in [-0.25, -0.2) is 0 Å². The first-order valence-corrected chi connectivity index (χ1v) is 4.56. The molecule has 6 nitrogen and oxygen atoms in total. The van der Waals surface area contributed by atoms with Crippen LogP contribution in [0.15, 0.2) is 36.5 Å². The van der Waals surface area contributed by atoms with E-state index in [1.165, 1.54) is 0 Å². The molecule has 0 fully saturated rings. The van der Waals surface area contributed by atoms with E-state index in [1.54, 1.807) is 6.20 Å². The van der Waals surface area contributed by atoms with Crippen LogP contribution in [0.4, 0.5) is 5.69 Å². The number of hydrogen-bond acceptors (Lipinski definition) is 5. The third-order valence-electron chi connectivity index (χ3n) is 1.86. The highest BCUT2D eigenvalue weighted by atomic mass is 15.5. The first-order chi connectivity index (χ1) is 7.90. The smallest absolute Gasteiger partial charge is 0.216 e. The SMILES string of the molecule is N#C/C(=C\Nc1ccccc1)c1nn[nH]n1. The number of nitrogens with one attached hydrogen (secondary N) is 2. The molecule has 0 radical (unpaired) electrons. The van der Waals surface area contributed by atoms with E-state index in [9.17, 15) is 0 Å². The quantitative estimate of drug-likeness (QED) is 0.745. The molecule has 0 saturated carbocycles. The number of aromatic nitrogens is 4. The monoisotopic (exact) mass is 212 g/mol. The van der Waals surface area contributed by atoms with Crippen LogP contribution in [0.2, 0.25) is 0 Å². The van der Waals surface area contributed by atoms with Gasteiger partial charge in [0.05, 0.1) is 0 Å². The molecule has 78 valence electrons. The Morgan fingerprint density at radius 2 is 2.19 bits per heavy atom. The van der Waals surface area contributed by atoms with Crippen molar-refractivity contribution in [3.63, 3.8) is 0 Å². The van der Waals surface area contributed by atoms with E-state index >= 15 is 0 Å². The van der Waals surface area contributed by atoms with E-state index in [-0.39, 0.29) is 5.82 Å². The molecular formula is C10H8N6. The van der Waals surface area contributed by atoms with Gasteiger partial charge in [-0.3, -0.25) is 0 Å². The van der Waals surface area contributed by atoms with Gasteiger partial charge in [-0.2, -0.15) is 10.5 Å². The van der Waals surface area contributed by atoms with Crippen molar-refractivity contribution < 1.29 is 0 Å². The van der Waals surface area contributed by atoms with Crippen molar-refractivity contribution >= 4 is 11.3 Å². The van der Waals surface area contributed by atoms with Crippen LogP contribution in [0, 0.1) is 11.3 Å². The van der Waals surface area contributed by atoms with Gasteiger partial charge in [-0.05, 0) is 17.3 Å². The fourth-order valence-corrected chi connectivity index (χ4v) is 1.11. The lowest BCUT2D eigenvalue weighted by Crippen LogP contribution is -1.92. The molecule has 0 aliphatic rings. The minimum Gasteiger partial charge on any atom is -0.360 e. The summed E-state index contributed by atoms with van der Waals surface area (Å²) in [6.45, 7) is 0. The molecule has 2 rings (SSSR count). The number of allylic oxidation sites excluding steroid dienone is 1. The Morgan fingerprint density at radius 1 is 1.38 bits per heavy atom. The summed E-state index contributed by atoms with van der Waals surface area (Å²) in [4.78, 5) is 0. The first kappa shape index (κ1) is 9.86. The van der Waals surface area contributed by atoms with Gasteiger partial charge in [-0.1, -0.05) is 18.2 Å². The lowest BCUT2D eigenvalue weighted by atomic mass is 10.3. The molecule has 2 aromatic rings. The molecule has 0 amide bonds. The van der Waals surface area contributed by atoms with Gasteiger partial charge >= 0.3 is 0 Å². The number of nitrogens with zero attached hydrogens (tertiary/aromatic N) is 4. The zero-order valence-electron chi connectivity index (χ0n) is 8.25. The maximum absolute atomic E-state index is 8.90. The second kappa shape index (κ2) is 4.70. The van der Waals surface area contributed by atoms with Gasteiger partial charge in [0.2, 0.25) is 5.82 Å². The molecule has 16 heavy (non-hydrogen) atoms. The average molecular weight is 212 g/mol. The average Bonchev–Trinajstić information content (AvgIpc) is 2.85. The van der Waals surface area contributed by atoms with E-state index in [1.807, 2.05) is 36.4 Å². The summed E-state index contributed by atoms with van der Waals surface area (Å²) in [6, 6.07) is 11.5. The Hall–Kier alpha value is -2.68. The number of para-hydroxylation sites is 1. The van der Waals surface area contributed by atoms with E-state index in [0.717, 1.165) is 5.69 Å². The third-order valence-corrected chi connectivity index (χ3v) is 1.86. The summed E-state index contributed by atoms with van der Waals surface area (Å²) >= 11 is 0. The topological polar surface area (TPSA) is 90.3 Å². The maximum Gasteiger partial charge on any atom is 0.216 e. The van der Waals surface area contributed by atoms with Crippen molar-refractivity contribution in [3.05, 3.63) is 42.4 Å². The molecule has 6 heteroatoms. The van der Waals surface area contributed by atoms with Gasteiger partial charge in [-0.15, -0.1) is 10.2 Å². The van der Waals surface area contributed by atoms with Crippen molar-refractivity contribution in [2.24, 2.45) is 0 Å². The highest BCUT2D eigenvalue weighted by Gasteiger charge is 2.04. The third kappa shape index (κ3) is 2.22. The lowest BCUT2D eigenvalue weighted by molar-refractivity contribution is 0.881. The molecule has 0 bridgehead atoms. The lowest BCUT2D eigenvalue weighted by Gasteiger charge is -1.99. The molecule has 0 spiro atoms. The van der Waals surface area contributed by atoms with Crippen molar-refractivity contribution in [3.8, 4) is 6.07 Å². The first-order valence-electron chi connectivity index (χ1n) is 4.56. The van der Waals surface area contributed by atoms with E-state index < -0.39 is 0 Å². The summed E-state index contributed by atoms with van der Waals surface area (Å²) in [7, 11) is 0. The van der Waals surface area contributed by atoms with Crippen LogP contribution in [-0.2, 0) is 0 Å². The summed E-state index contributed by atoms with van der Waals surface area (Å²) in [5.41, 5.74) is 1.20. The molecule has 2 N–H and O–H groups in total. The zero-order valence-corrected chi connectivity index (χ0v) is 8.25. The molecule has 0 aliphatic heterocycles. The zero-order chi connectivity index (χ0) is 11.2. The standard InChI is InChI=1S/C10H8N6/c11-6-8(10-13-15-16-14-10)7-12-9-4-2-1-3-5-9/h1-5,7,12H,(H,13,14,15,16)/b8-7+. The van der Waals surface area contributed by atoms with Crippen molar-refractivity contribution in [2.75, 3.05) is 5.32 Å². The van der Waals surface area contributed by atoms with Crippen LogP contribution in [0.1, 0.15) is 5.82 Å². The van der Waals surface area contributed by atoms with Crippen LogP contribution in [-0.4, -0.2) is 20.6 Å². The second-order valence-corrected chi connectivity index (χ2v) is 2.92. The molecule has 1 heterocycles. The molecule has 0 unspecified atom stereocenters. The predicted molar refractivity (Wildman–Crippen MR) is 57.8 cm³/mol. The number of benzene rings is 1. The van der Waals surface area contributed by atoms with Gasteiger partial charge in [0.15, 0.2) is 0 Å². The number of anilines is 1. The van der Waals surface area contributed by atoms with Gasteiger partial charge in [0.1, 0.15) is 11.6 Å². The number of rotatable bonds is 3. The Morgan fingerprint density at radius 3 is 2.81 bits per heavy atom. The minimum absolute atomic E-state index is 0.269. The number of H-pyrrole nitrogens is 1. The van der Waals surface area contributed by atoms with E-state index in [4.69, 9.17) is 5.26 Å². The van der Waals surface area contributed by atoms with Crippen LogP contribution in [0.25, 0.3) is 5.57 Å². The van der Waals surface area contributed by atoms with Gasteiger partial charge in [0.25, 0.3) is 0 Å². The Balaban J connectivity index is 2.15. The Kier molecular flexibility index (Phi) is 2.90. The Labute approximate surface area is 91.6 Å². The van der Waals surface area contributed by atoms with E-state index in [0.29, 0.717) is 5.57 Å². The molecule has 1 aromatic carbocycles. The molecule has 1 aromatic heterocycles. The summed E-state index contributed by atoms with van der Waals surface area (Å²) in [5, 5.41) is 25.0. The minimum atomic E-state index is 0.269. The molecule has 0 atom stereocenters. The van der Waals surface area contributed by atoms with Crippen LogP contribution in [0.5, 0.6) is 0 Å². The van der Waals surface area contributed by atoms with Crippen molar-refractivity contribution in [1.82, 2.24) is 20.6 Å². The summed E-state index contributed by atoms with van der Waals surface area (Å²) < 4.78 is 0. The largest absolute Gasteiger partial charge is 0.360 e. The van der Waals surface area contributed by atoms with Crippen LogP contribution >= 0.6 is 0 Å². The predicted octanol–water partition coefficient (Wildman–Crippen LogP) is 1.18. The number of tetrazole rings is 1. The van der Waals surface area contributed by atoms with Crippen molar-refractivity contribution in [2.45, 2.75) is 0 Å². The van der Waals surface area contributed by atoms with Gasteiger partial charge < -0.3 is 5.32 Å². The second-order valence-electron chi connectivity index (χ2n) is 2.92. The van der Waals surface area contributed by atoms with E-state index in [2.05, 4.69) is 25.9 Å². The highest BCUT2D eigenvalue weighted by molar-refractivity contribution is 5.73. The summed E-state index contributed by atoms with van der Waals surface area (Å²) in [5.74, 6) is 0.269. The number of aromatic amines is 1. The van der Waals surface area contributed by atoms with Gasteiger partial charge in [0, 0.05) is 11.9 Å². The number of nitriles is 1. The van der Waals surface area contributed by atoms with Crippen molar-refractivity contribution in [1.29, 1.82) is 5.26 Å². The number of hydrogen-bond donors (Lipinski definition) is 2. The maximum atomic E-state index is 8.90.